The molecule has 1 aromatic carbocycles. The van der Waals surface area contributed by atoms with Gasteiger partial charge in [0, 0.05) is 37.7 Å². The number of nitro benzene ring substituents is 1. The monoisotopic (exact) mass is 313 g/mol. The highest BCUT2D eigenvalue weighted by atomic mass is 35.5. The van der Waals surface area contributed by atoms with Gasteiger partial charge in [0.05, 0.1) is 10.4 Å². The summed E-state index contributed by atoms with van der Waals surface area (Å²) in [5.41, 5.74) is 0.731. The SMILES string of the molecule is CNCCN(C)C(=O)c1n[nH]c2ccc([N+](=O)[O-])cc12.Cl. The number of nitro groups is 1. The highest BCUT2D eigenvalue weighted by molar-refractivity contribution is 6.05. The third-order valence-corrected chi connectivity index (χ3v) is 3.00. The summed E-state index contributed by atoms with van der Waals surface area (Å²) < 4.78 is 0. The third-order valence-electron chi connectivity index (χ3n) is 3.00. The Labute approximate surface area is 127 Å². The van der Waals surface area contributed by atoms with Crippen molar-refractivity contribution in [1.82, 2.24) is 20.4 Å². The minimum Gasteiger partial charge on any atom is -0.339 e. The summed E-state index contributed by atoms with van der Waals surface area (Å²) in [7, 11) is 3.46. The van der Waals surface area contributed by atoms with Crippen LogP contribution < -0.4 is 5.32 Å². The zero-order valence-electron chi connectivity index (χ0n) is 11.6. The van der Waals surface area contributed by atoms with Crippen LogP contribution in [-0.2, 0) is 0 Å². The predicted octanol–water partition coefficient (Wildman–Crippen LogP) is 1.18. The number of nitrogens with zero attached hydrogens (tertiary/aromatic N) is 3. The van der Waals surface area contributed by atoms with Gasteiger partial charge in [0.25, 0.3) is 11.6 Å². The molecule has 2 aromatic rings. The second-order valence-electron chi connectivity index (χ2n) is 4.39. The number of likely N-dealkylation sites (N-methyl/N-ethyl adjacent to an activating group) is 2. The fourth-order valence-corrected chi connectivity index (χ4v) is 1.84. The first-order chi connectivity index (χ1) is 9.54. The molecule has 0 saturated carbocycles. The molecule has 21 heavy (non-hydrogen) atoms. The predicted molar refractivity (Wildman–Crippen MR) is 80.9 cm³/mol. The first-order valence-corrected chi connectivity index (χ1v) is 6.07. The molecular formula is C12H16ClN5O3. The third kappa shape index (κ3) is 3.47. The average Bonchev–Trinajstić information content (AvgIpc) is 2.86. The van der Waals surface area contributed by atoms with E-state index in [0.29, 0.717) is 24.0 Å². The van der Waals surface area contributed by atoms with E-state index in [4.69, 9.17) is 0 Å². The van der Waals surface area contributed by atoms with Gasteiger partial charge in [0.1, 0.15) is 0 Å². The van der Waals surface area contributed by atoms with Crippen LogP contribution in [0.5, 0.6) is 0 Å². The molecule has 0 bridgehead atoms. The molecule has 1 amide bonds. The molecule has 8 nitrogen and oxygen atoms in total. The number of amides is 1. The van der Waals surface area contributed by atoms with Crippen LogP contribution in [0.25, 0.3) is 10.9 Å². The molecule has 9 heteroatoms. The van der Waals surface area contributed by atoms with Crippen LogP contribution in [0.15, 0.2) is 18.2 Å². The Bertz CT molecular complexity index is 657. The number of benzene rings is 1. The Kier molecular flexibility index (Phi) is 5.62. The molecule has 2 rings (SSSR count). The number of rotatable bonds is 5. The second kappa shape index (κ2) is 7.00. The van der Waals surface area contributed by atoms with Crippen molar-refractivity contribution in [3.63, 3.8) is 0 Å². The van der Waals surface area contributed by atoms with Gasteiger partial charge in [0.15, 0.2) is 5.69 Å². The standard InChI is InChI=1S/C12H15N5O3.ClH/c1-13-5-6-16(2)12(18)11-9-7-8(17(19)20)3-4-10(9)14-15-11;/h3-4,7,13H,5-6H2,1-2H3,(H,14,15);1H. The van der Waals surface area contributed by atoms with E-state index in [0.717, 1.165) is 0 Å². The fourth-order valence-electron chi connectivity index (χ4n) is 1.84. The van der Waals surface area contributed by atoms with Crippen LogP contribution in [0.2, 0.25) is 0 Å². The summed E-state index contributed by atoms with van der Waals surface area (Å²) in [6, 6.07) is 4.28. The summed E-state index contributed by atoms with van der Waals surface area (Å²) in [4.78, 5) is 24.1. The summed E-state index contributed by atoms with van der Waals surface area (Å²) in [6.45, 7) is 1.18. The van der Waals surface area contributed by atoms with Crippen LogP contribution >= 0.6 is 12.4 Å². The number of fused-ring (bicyclic) bond motifs is 1. The summed E-state index contributed by atoms with van der Waals surface area (Å²) in [5.74, 6) is -0.271. The number of aromatic nitrogens is 2. The lowest BCUT2D eigenvalue weighted by atomic mass is 10.2. The summed E-state index contributed by atoms with van der Waals surface area (Å²) in [6.07, 6.45) is 0. The van der Waals surface area contributed by atoms with Gasteiger partial charge in [-0.15, -0.1) is 12.4 Å². The number of carbonyl (C=O) groups excluding carboxylic acids is 1. The van der Waals surface area contributed by atoms with Crippen molar-refractivity contribution in [3.05, 3.63) is 34.0 Å². The van der Waals surface area contributed by atoms with Gasteiger partial charge in [-0.3, -0.25) is 20.0 Å². The van der Waals surface area contributed by atoms with E-state index in [1.807, 2.05) is 0 Å². The smallest absolute Gasteiger partial charge is 0.274 e. The van der Waals surface area contributed by atoms with E-state index in [9.17, 15) is 14.9 Å². The lowest BCUT2D eigenvalue weighted by molar-refractivity contribution is -0.384. The molecule has 0 aliphatic carbocycles. The molecule has 1 aromatic heterocycles. The minimum absolute atomic E-state index is 0. The largest absolute Gasteiger partial charge is 0.339 e. The normalized spacial score (nSPS) is 10.2. The molecule has 0 radical (unpaired) electrons. The zero-order valence-corrected chi connectivity index (χ0v) is 12.4. The topological polar surface area (TPSA) is 104 Å². The lowest BCUT2D eigenvalue weighted by Gasteiger charge is -2.15. The highest BCUT2D eigenvalue weighted by Crippen LogP contribution is 2.22. The number of carbonyl (C=O) groups is 1. The number of hydrogen-bond acceptors (Lipinski definition) is 5. The van der Waals surface area contributed by atoms with E-state index >= 15 is 0 Å². The minimum atomic E-state index is -0.495. The van der Waals surface area contributed by atoms with Gasteiger partial charge < -0.3 is 10.2 Å². The molecular weight excluding hydrogens is 298 g/mol. The van der Waals surface area contributed by atoms with Crippen LogP contribution in [0, 0.1) is 10.1 Å². The number of halogens is 1. The van der Waals surface area contributed by atoms with Crippen molar-refractivity contribution >= 4 is 34.9 Å². The van der Waals surface area contributed by atoms with E-state index in [2.05, 4.69) is 15.5 Å². The Hall–Kier alpha value is -2.19. The quantitative estimate of drug-likeness (QED) is 0.637. The zero-order chi connectivity index (χ0) is 14.7. The van der Waals surface area contributed by atoms with Gasteiger partial charge in [0.2, 0.25) is 0 Å². The van der Waals surface area contributed by atoms with Crippen LogP contribution in [0.3, 0.4) is 0 Å². The molecule has 0 fully saturated rings. The van der Waals surface area contributed by atoms with Gasteiger partial charge >= 0.3 is 0 Å². The van der Waals surface area contributed by atoms with E-state index in [1.165, 1.54) is 17.0 Å². The van der Waals surface area contributed by atoms with E-state index in [1.54, 1.807) is 20.2 Å². The van der Waals surface area contributed by atoms with E-state index in [-0.39, 0.29) is 29.7 Å². The molecule has 0 spiro atoms. The highest BCUT2D eigenvalue weighted by Gasteiger charge is 2.19. The Morgan fingerprint density at radius 2 is 2.24 bits per heavy atom. The number of non-ortho nitro benzene ring substituents is 1. The number of H-pyrrole nitrogens is 1. The van der Waals surface area contributed by atoms with Crippen molar-refractivity contribution in [2.24, 2.45) is 0 Å². The van der Waals surface area contributed by atoms with Crippen molar-refractivity contribution in [2.45, 2.75) is 0 Å². The van der Waals surface area contributed by atoms with Crippen LogP contribution in [0.4, 0.5) is 5.69 Å². The van der Waals surface area contributed by atoms with Crippen molar-refractivity contribution in [2.75, 3.05) is 27.2 Å². The Balaban J connectivity index is 0.00000220. The maximum Gasteiger partial charge on any atom is 0.274 e. The average molecular weight is 314 g/mol. The Morgan fingerprint density at radius 1 is 1.52 bits per heavy atom. The van der Waals surface area contributed by atoms with Gasteiger partial charge in [-0.25, -0.2) is 0 Å². The number of aromatic amines is 1. The van der Waals surface area contributed by atoms with Crippen molar-refractivity contribution in [1.29, 1.82) is 0 Å². The van der Waals surface area contributed by atoms with Crippen LogP contribution in [-0.4, -0.2) is 53.1 Å². The van der Waals surface area contributed by atoms with Gasteiger partial charge in [-0.05, 0) is 13.1 Å². The number of nitrogens with one attached hydrogen (secondary N) is 2. The molecule has 1 heterocycles. The van der Waals surface area contributed by atoms with Crippen molar-refractivity contribution in [3.8, 4) is 0 Å². The van der Waals surface area contributed by atoms with E-state index < -0.39 is 4.92 Å². The maximum absolute atomic E-state index is 12.3. The Morgan fingerprint density at radius 3 is 2.86 bits per heavy atom. The molecule has 0 aliphatic heterocycles. The van der Waals surface area contributed by atoms with Gasteiger partial charge in [-0.1, -0.05) is 0 Å². The molecule has 114 valence electrons. The molecule has 0 unspecified atom stereocenters. The maximum atomic E-state index is 12.3. The summed E-state index contributed by atoms with van der Waals surface area (Å²) in [5, 5.41) is 20.9. The molecule has 0 saturated heterocycles. The second-order valence-corrected chi connectivity index (χ2v) is 4.39. The molecule has 2 N–H and O–H groups in total. The van der Waals surface area contributed by atoms with Gasteiger partial charge in [-0.2, -0.15) is 5.10 Å². The molecule has 0 atom stereocenters. The first kappa shape index (κ1) is 16.9. The van der Waals surface area contributed by atoms with Crippen molar-refractivity contribution < 1.29 is 9.72 Å². The van der Waals surface area contributed by atoms with Crippen LogP contribution in [0.1, 0.15) is 10.5 Å². The summed E-state index contributed by atoms with van der Waals surface area (Å²) >= 11 is 0. The molecule has 0 aliphatic rings. The lowest BCUT2D eigenvalue weighted by Crippen LogP contribution is -2.33. The fraction of sp³-hybridized carbons (Fsp3) is 0.333. The first-order valence-electron chi connectivity index (χ1n) is 6.07. The number of hydrogen-bond donors (Lipinski definition) is 2.